The van der Waals surface area contributed by atoms with Crippen LogP contribution in [0.1, 0.15) is 18.5 Å². The van der Waals surface area contributed by atoms with Gasteiger partial charge >= 0.3 is 0 Å². The summed E-state index contributed by atoms with van der Waals surface area (Å²) in [5, 5.41) is 1.06. The molecule has 0 aliphatic heterocycles. The summed E-state index contributed by atoms with van der Waals surface area (Å²) in [6.07, 6.45) is 4.53. The first-order valence-electron chi connectivity index (χ1n) is 6.21. The molecule has 2 aromatic rings. The van der Waals surface area contributed by atoms with Crippen molar-refractivity contribution in [3.63, 3.8) is 0 Å². The van der Waals surface area contributed by atoms with Crippen molar-refractivity contribution < 1.29 is 0 Å². The number of nitrogens with zero attached hydrogens (tertiary/aromatic N) is 3. The van der Waals surface area contributed by atoms with Gasteiger partial charge in [0.1, 0.15) is 10.7 Å². The van der Waals surface area contributed by atoms with Crippen LogP contribution >= 0.6 is 11.8 Å². The van der Waals surface area contributed by atoms with Crippen molar-refractivity contribution in [1.82, 2.24) is 15.0 Å². The molecule has 0 N–H and O–H groups in total. The van der Waals surface area contributed by atoms with E-state index in [-0.39, 0.29) is 0 Å². The highest BCUT2D eigenvalue weighted by Gasteiger charge is 2.21. The molecule has 1 aliphatic rings. The van der Waals surface area contributed by atoms with Gasteiger partial charge in [-0.05, 0) is 43.9 Å². The molecule has 0 bridgehead atoms. The van der Waals surface area contributed by atoms with Gasteiger partial charge in [-0.15, -0.1) is 11.8 Å². The highest BCUT2D eigenvalue weighted by atomic mass is 32.2. The van der Waals surface area contributed by atoms with Crippen molar-refractivity contribution in [2.75, 3.05) is 5.75 Å². The second kappa shape index (κ2) is 5.06. The molecule has 18 heavy (non-hydrogen) atoms. The first-order chi connectivity index (χ1) is 8.81. The van der Waals surface area contributed by atoms with E-state index in [0.717, 1.165) is 28.2 Å². The number of thioether (sulfide) groups is 1. The van der Waals surface area contributed by atoms with Gasteiger partial charge in [0.2, 0.25) is 0 Å². The van der Waals surface area contributed by atoms with Crippen LogP contribution in [0.15, 0.2) is 35.5 Å². The summed E-state index contributed by atoms with van der Waals surface area (Å²) in [6, 6.07) is 7.87. The number of pyridine rings is 1. The molecule has 0 atom stereocenters. The fourth-order valence-electron chi connectivity index (χ4n) is 1.71. The third kappa shape index (κ3) is 2.88. The van der Waals surface area contributed by atoms with Crippen LogP contribution in [0.5, 0.6) is 0 Å². The average molecular weight is 257 g/mol. The quantitative estimate of drug-likeness (QED) is 0.622. The molecular formula is C14H15N3S. The Balaban J connectivity index is 1.85. The normalized spacial score (nSPS) is 14.7. The zero-order chi connectivity index (χ0) is 12.4. The molecule has 1 aliphatic carbocycles. The van der Waals surface area contributed by atoms with Gasteiger partial charge in [-0.3, -0.25) is 4.98 Å². The van der Waals surface area contributed by atoms with E-state index in [1.54, 1.807) is 6.20 Å². The number of hydrogen-bond donors (Lipinski definition) is 0. The first-order valence-corrected chi connectivity index (χ1v) is 7.20. The molecule has 3 rings (SSSR count). The van der Waals surface area contributed by atoms with Crippen LogP contribution in [0.2, 0.25) is 0 Å². The molecule has 4 heteroatoms. The molecule has 1 saturated carbocycles. The molecule has 0 unspecified atom stereocenters. The minimum Gasteiger partial charge on any atom is -0.253 e. The van der Waals surface area contributed by atoms with E-state index in [1.807, 2.05) is 36.9 Å². The van der Waals surface area contributed by atoms with Gasteiger partial charge in [0.05, 0.1) is 0 Å². The van der Waals surface area contributed by atoms with Gasteiger partial charge in [-0.25, -0.2) is 9.97 Å². The molecule has 1 fully saturated rings. The Hall–Kier alpha value is -1.42. The van der Waals surface area contributed by atoms with E-state index < -0.39 is 0 Å². The van der Waals surface area contributed by atoms with Crippen LogP contribution in [0.3, 0.4) is 0 Å². The smallest absolute Gasteiger partial charge is 0.179 e. The highest BCUT2D eigenvalue weighted by Crippen LogP contribution is 2.34. The third-order valence-electron chi connectivity index (χ3n) is 2.89. The molecule has 2 heterocycles. The molecule has 0 spiro atoms. The van der Waals surface area contributed by atoms with Crippen LogP contribution in [0.4, 0.5) is 0 Å². The Morgan fingerprint density at radius 1 is 1.28 bits per heavy atom. The zero-order valence-electron chi connectivity index (χ0n) is 10.3. The van der Waals surface area contributed by atoms with E-state index in [2.05, 4.69) is 21.0 Å². The van der Waals surface area contributed by atoms with Gasteiger partial charge in [0.25, 0.3) is 0 Å². The van der Waals surface area contributed by atoms with Gasteiger partial charge in [0, 0.05) is 17.6 Å². The second-order valence-electron chi connectivity index (χ2n) is 4.64. The van der Waals surface area contributed by atoms with E-state index in [1.165, 1.54) is 18.6 Å². The predicted molar refractivity (Wildman–Crippen MR) is 73.4 cm³/mol. The molecule has 3 nitrogen and oxygen atoms in total. The fraction of sp³-hybridized carbons (Fsp3) is 0.357. The topological polar surface area (TPSA) is 38.7 Å². The first kappa shape index (κ1) is 11.7. The third-order valence-corrected chi connectivity index (χ3v) is 4.03. The van der Waals surface area contributed by atoms with Crippen LogP contribution in [-0.4, -0.2) is 20.7 Å². The van der Waals surface area contributed by atoms with Crippen molar-refractivity contribution in [2.24, 2.45) is 5.92 Å². The molecule has 0 aromatic carbocycles. The van der Waals surface area contributed by atoms with Crippen LogP contribution < -0.4 is 0 Å². The van der Waals surface area contributed by atoms with Crippen molar-refractivity contribution >= 4 is 11.8 Å². The molecule has 0 saturated heterocycles. The van der Waals surface area contributed by atoms with Crippen LogP contribution in [0.25, 0.3) is 11.5 Å². The van der Waals surface area contributed by atoms with Crippen LogP contribution in [0, 0.1) is 12.8 Å². The van der Waals surface area contributed by atoms with Crippen molar-refractivity contribution in [3.8, 4) is 11.5 Å². The summed E-state index contributed by atoms with van der Waals surface area (Å²) in [4.78, 5) is 13.4. The lowest BCUT2D eigenvalue weighted by Gasteiger charge is -2.04. The maximum Gasteiger partial charge on any atom is 0.179 e. The van der Waals surface area contributed by atoms with Gasteiger partial charge in [-0.2, -0.15) is 0 Å². The summed E-state index contributed by atoms with van der Waals surface area (Å²) >= 11 is 1.84. The summed E-state index contributed by atoms with van der Waals surface area (Å²) in [7, 11) is 0. The lowest BCUT2D eigenvalue weighted by atomic mass is 10.3. The minimum atomic E-state index is 0.730. The van der Waals surface area contributed by atoms with E-state index >= 15 is 0 Å². The number of aryl methyl sites for hydroxylation is 1. The average Bonchev–Trinajstić information content (AvgIpc) is 3.21. The Morgan fingerprint density at radius 3 is 2.89 bits per heavy atom. The number of rotatable bonds is 4. The summed E-state index contributed by atoms with van der Waals surface area (Å²) in [5.41, 5.74) is 1.85. The lowest BCUT2D eigenvalue weighted by molar-refractivity contribution is 0.976. The summed E-state index contributed by atoms with van der Waals surface area (Å²) in [6.45, 7) is 2.01. The lowest BCUT2D eigenvalue weighted by Crippen LogP contribution is -1.96. The zero-order valence-corrected chi connectivity index (χ0v) is 11.2. The SMILES string of the molecule is Cc1cc(SCC2CC2)nc(-c2ccccn2)n1. The Labute approximate surface area is 111 Å². The van der Waals surface area contributed by atoms with Crippen molar-refractivity contribution in [3.05, 3.63) is 36.2 Å². The standard InChI is InChI=1S/C14H15N3S/c1-10-8-13(18-9-11-5-6-11)17-14(16-10)12-4-2-3-7-15-12/h2-4,7-8,11H,5-6,9H2,1H3. The fourth-order valence-corrected chi connectivity index (χ4v) is 2.86. The molecule has 92 valence electrons. The molecule has 2 aromatic heterocycles. The van der Waals surface area contributed by atoms with E-state index in [9.17, 15) is 0 Å². The van der Waals surface area contributed by atoms with Gasteiger partial charge in [0.15, 0.2) is 5.82 Å². The van der Waals surface area contributed by atoms with Gasteiger partial charge in [-0.1, -0.05) is 6.07 Å². The second-order valence-corrected chi connectivity index (χ2v) is 5.68. The summed E-state index contributed by atoms with van der Waals surface area (Å²) < 4.78 is 0. The van der Waals surface area contributed by atoms with Crippen molar-refractivity contribution in [2.45, 2.75) is 24.8 Å². The minimum absolute atomic E-state index is 0.730. The van der Waals surface area contributed by atoms with E-state index in [4.69, 9.17) is 0 Å². The predicted octanol–water partition coefficient (Wildman–Crippen LogP) is 3.35. The molecule has 0 radical (unpaired) electrons. The largest absolute Gasteiger partial charge is 0.253 e. The maximum absolute atomic E-state index is 4.59. The highest BCUT2D eigenvalue weighted by molar-refractivity contribution is 7.99. The van der Waals surface area contributed by atoms with Gasteiger partial charge < -0.3 is 0 Å². The van der Waals surface area contributed by atoms with Crippen LogP contribution in [-0.2, 0) is 0 Å². The summed E-state index contributed by atoms with van der Waals surface area (Å²) in [5.74, 6) is 2.82. The maximum atomic E-state index is 4.59. The number of aromatic nitrogens is 3. The van der Waals surface area contributed by atoms with Crippen molar-refractivity contribution in [1.29, 1.82) is 0 Å². The Kier molecular flexibility index (Phi) is 3.28. The Morgan fingerprint density at radius 2 is 2.17 bits per heavy atom. The van der Waals surface area contributed by atoms with E-state index in [0.29, 0.717) is 0 Å². The molecular weight excluding hydrogens is 242 g/mol. The number of hydrogen-bond acceptors (Lipinski definition) is 4. The Bertz CT molecular complexity index is 538. The molecule has 0 amide bonds. The monoisotopic (exact) mass is 257 g/mol.